The predicted molar refractivity (Wildman–Crippen MR) is 103 cm³/mol. The van der Waals surface area contributed by atoms with E-state index in [1.807, 2.05) is 20.8 Å². The molecule has 0 aromatic heterocycles. The molecular weight excluding hydrogens is 314 g/mol. The van der Waals surface area contributed by atoms with Crippen LogP contribution in [0.1, 0.15) is 51.7 Å². The Morgan fingerprint density at radius 1 is 1.04 bits per heavy atom. The molecule has 1 rings (SSSR count). The maximum absolute atomic E-state index is 12.0. The number of nitrogens with zero attached hydrogens (tertiary/aromatic N) is 1. The third-order valence-electron chi connectivity index (χ3n) is 3.72. The van der Waals surface area contributed by atoms with Gasteiger partial charge in [0.05, 0.1) is 13.1 Å². The smallest absolute Gasteiger partial charge is 0.234 e. The summed E-state index contributed by atoms with van der Waals surface area (Å²) in [7, 11) is 1.77. The fourth-order valence-electron chi connectivity index (χ4n) is 2.48. The molecule has 0 aliphatic carbocycles. The van der Waals surface area contributed by atoms with Gasteiger partial charge in [0.15, 0.2) is 0 Å². The molecule has 140 valence electrons. The van der Waals surface area contributed by atoms with Crippen molar-refractivity contribution < 1.29 is 9.59 Å². The number of nitrogens with one attached hydrogen (secondary N) is 2. The number of hydrogen-bond donors (Lipinski definition) is 2. The first kappa shape index (κ1) is 21.2. The second kappa shape index (κ2) is 9.56. The van der Waals surface area contributed by atoms with Gasteiger partial charge in [-0.25, -0.2) is 0 Å². The molecule has 0 aliphatic heterocycles. The highest BCUT2D eigenvalue weighted by molar-refractivity contribution is 5.81. The minimum Gasteiger partial charge on any atom is -0.355 e. The minimum absolute atomic E-state index is 0.0649. The minimum atomic E-state index is -0.259. The number of benzene rings is 1. The van der Waals surface area contributed by atoms with Gasteiger partial charge in [0.25, 0.3) is 0 Å². The van der Waals surface area contributed by atoms with E-state index in [4.69, 9.17) is 0 Å². The normalized spacial score (nSPS) is 11.7. The average molecular weight is 348 g/mol. The number of carbonyl (C=O) groups excluding carboxylic acids is 2. The highest BCUT2D eigenvalue weighted by Crippen LogP contribution is 2.14. The first-order valence-corrected chi connectivity index (χ1v) is 8.92. The van der Waals surface area contributed by atoms with Gasteiger partial charge in [0, 0.05) is 12.1 Å². The third-order valence-corrected chi connectivity index (χ3v) is 3.72. The largest absolute Gasteiger partial charge is 0.355 e. The van der Waals surface area contributed by atoms with Crippen LogP contribution >= 0.6 is 0 Å². The summed E-state index contributed by atoms with van der Waals surface area (Å²) >= 11 is 0. The van der Waals surface area contributed by atoms with Crippen molar-refractivity contribution >= 4 is 11.8 Å². The van der Waals surface area contributed by atoms with Crippen LogP contribution in [0.3, 0.4) is 0 Å². The van der Waals surface area contributed by atoms with Gasteiger partial charge in [-0.3, -0.25) is 14.5 Å². The van der Waals surface area contributed by atoms with E-state index in [9.17, 15) is 9.59 Å². The van der Waals surface area contributed by atoms with Crippen LogP contribution in [-0.4, -0.2) is 48.9 Å². The zero-order chi connectivity index (χ0) is 19.0. The maximum Gasteiger partial charge on any atom is 0.234 e. The van der Waals surface area contributed by atoms with E-state index in [0.29, 0.717) is 12.5 Å². The fraction of sp³-hybridized carbons (Fsp3) is 0.600. The highest BCUT2D eigenvalue weighted by atomic mass is 16.2. The van der Waals surface area contributed by atoms with Gasteiger partial charge in [0.1, 0.15) is 0 Å². The van der Waals surface area contributed by atoms with Crippen LogP contribution in [-0.2, 0) is 16.0 Å². The molecule has 0 radical (unpaired) electrons. The Morgan fingerprint density at radius 2 is 1.60 bits per heavy atom. The molecule has 5 heteroatoms. The lowest BCUT2D eigenvalue weighted by atomic mass is 10.0. The van der Waals surface area contributed by atoms with E-state index < -0.39 is 0 Å². The Labute approximate surface area is 152 Å². The Hall–Kier alpha value is -1.88. The number of carbonyl (C=O) groups is 2. The highest BCUT2D eigenvalue weighted by Gasteiger charge is 2.16. The van der Waals surface area contributed by atoms with Crippen molar-refractivity contribution in [2.75, 3.05) is 26.7 Å². The quantitative estimate of drug-likeness (QED) is 0.759. The first-order chi connectivity index (χ1) is 11.6. The molecule has 1 aromatic rings. The Kier molecular flexibility index (Phi) is 8.10. The standard InChI is InChI=1S/C20H33N3O2/c1-15(2)17-9-7-16(8-10-17)11-12-21-18(24)13-23(6)14-19(25)22-20(3,4)5/h7-10,15H,11-14H2,1-6H3,(H,21,24)(H,22,25). The molecule has 0 unspecified atom stereocenters. The molecule has 0 spiro atoms. The lowest BCUT2D eigenvalue weighted by Crippen LogP contribution is -2.46. The van der Waals surface area contributed by atoms with Crippen molar-refractivity contribution in [2.24, 2.45) is 0 Å². The van der Waals surface area contributed by atoms with Gasteiger partial charge in [-0.1, -0.05) is 38.1 Å². The maximum atomic E-state index is 12.0. The number of rotatable bonds is 8. The summed E-state index contributed by atoms with van der Waals surface area (Å²) in [6.07, 6.45) is 0.804. The van der Waals surface area contributed by atoms with E-state index in [2.05, 4.69) is 48.7 Å². The molecule has 0 atom stereocenters. The molecule has 0 aliphatic rings. The third kappa shape index (κ3) is 9.25. The van der Waals surface area contributed by atoms with Crippen molar-refractivity contribution in [1.29, 1.82) is 0 Å². The zero-order valence-corrected chi connectivity index (χ0v) is 16.5. The molecule has 0 saturated heterocycles. The van der Waals surface area contributed by atoms with Gasteiger partial charge in [-0.05, 0) is 51.3 Å². The van der Waals surface area contributed by atoms with Gasteiger partial charge < -0.3 is 10.6 Å². The molecule has 0 saturated carbocycles. The molecule has 0 fully saturated rings. The van der Waals surface area contributed by atoms with Crippen LogP contribution < -0.4 is 10.6 Å². The van der Waals surface area contributed by atoms with Crippen LogP contribution in [0.15, 0.2) is 24.3 Å². The lowest BCUT2D eigenvalue weighted by Gasteiger charge is -2.23. The second-order valence-corrected chi connectivity index (χ2v) is 7.97. The summed E-state index contributed by atoms with van der Waals surface area (Å²) in [5.74, 6) is 0.387. The summed E-state index contributed by atoms with van der Waals surface area (Å²) in [6, 6.07) is 8.52. The fourth-order valence-corrected chi connectivity index (χ4v) is 2.48. The SMILES string of the molecule is CC(C)c1ccc(CCNC(=O)CN(C)CC(=O)NC(C)(C)C)cc1. The van der Waals surface area contributed by atoms with Crippen molar-refractivity contribution in [2.45, 2.75) is 52.5 Å². The van der Waals surface area contributed by atoms with E-state index in [-0.39, 0.29) is 30.4 Å². The van der Waals surface area contributed by atoms with Gasteiger partial charge in [-0.15, -0.1) is 0 Å². The van der Waals surface area contributed by atoms with Crippen LogP contribution in [0.25, 0.3) is 0 Å². The van der Waals surface area contributed by atoms with Crippen molar-refractivity contribution in [3.63, 3.8) is 0 Å². The van der Waals surface area contributed by atoms with Crippen LogP contribution in [0.2, 0.25) is 0 Å². The summed E-state index contributed by atoms with van der Waals surface area (Å²) in [4.78, 5) is 25.5. The molecule has 0 bridgehead atoms. The first-order valence-electron chi connectivity index (χ1n) is 8.92. The predicted octanol–water partition coefficient (Wildman–Crippen LogP) is 2.32. The summed E-state index contributed by atoms with van der Waals surface area (Å²) in [5.41, 5.74) is 2.27. The molecule has 2 amide bonds. The molecular formula is C20H33N3O2. The van der Waals surface area contributed by atoms with E-state index in [0.717, 1.165) is 6.42 Å². The Morgan fingerprint density at radius 3 is 2.12 bits per heavy atom. The Balaban J connectivity index is 2.29. The topological polar surface area (TPSA) is 61.4 Å². The summed E-state index contributed by atoms with van der Waals surface area (Å²) in [5, 5.41) is 5.80. The van der Waals surface area contributed by atoms with Crippen LogP contribution in [0, 0.1) is 0 Å². The van der Waals surface area contributed by atoms with Crippen LogP contribution in [0.5, 0.6) is 0 Å². The van der Waals surface area contributed by atoms with E-state index in [1.54, 1.807) is 11.9 Å². The lowest BCUT2D eigenvalue weighted by molar-refractivity contribution is -0.125. The molecule has 25 heavy (non-hydrogen) atoms. The van der Waals surface area contributed by atoms with Gasteiger partial charge in [-0.2, -0.15) is 0 Å². The molecule has 0 heterocycles. The van der Waals surface area contributed by atoms with Crippen molar-refractivity contribution in [3.8, 4) is 0 Å². The Bertz CT molecular complexity index is 559. The van der Waals surface area contributed by atoms with E-state index >= 15 is 0 Å². The van der Waals surface area contributed by atoms with E-state index in [1.165, 1.54) is 11.1 Å². The van der Waals surface area contributed by atoms with Gasteiger partial charge in [0.2, 0.25) is 11.8 Å². The zero-order valence-electron chi connectivity index (χ0n) is 16.5. The van der Waals surface area contributed by atoms with Gasteiger partial charge >= 0.3 is 0 Å². The average Bonchev–Trinajstić information content (AvgIpc) is 2.45. The second-order valence-electron chi connectivity index (χ2n) is 7.97. The summed E-state index contributed by atoms with van der Waals surface area (Å²) < 4.78 is 0. The molecule has 1 aromatic carbocycles. The molecule has 2 N–H and O–H groups in total. The number of amides is 2. The van der Waals surface area contributed by atoms with Crippen LogP contribution in [0.4, 0.5) is 0 Å². The number of hydrogen-bond acceptors (Lipinski definition) is 3. The molecule has 5 nitrogen and oxygen atoms in total. The summed E-state index contributed by atoms with van der Waals surface area (Å²) in [6.45, 7) is 11.2. The van der Waals surface area contributed by atoms with Crippen molar-refractivity contribution in [1.82, 2.24) is 15.5 Å². The van der Waals surface area contributed by atoms with Crippen molar-refractivity contribution in [3.05, 3.63) is 35.4 Å². The number of likely N-dealkylation sites (N-methyl/N-ethyl adjacent to an activating group) is 1. The monoisotopic (exact) mass is 347 g/mol.